The van der Waals surface area contributed by atoms with Crippen LogP contribution in [0.25, 0.3) is 11.1 Å². The van der Waals surface area contributed by atoms with Crippen LogP contribution in [0.1, 0.15) is 19.2 Å². The molecule has 0 radical (unpaired) electrons. The minimum Gasteiger partial charge on any atom is -0.495 e. The van der Waals surface area contributed by atoms with Crippen LogP contribution in [-0.4, -0.2) is 36.5 Å². The number of fused-ring (bicyclic) bond motifs is 1. The number of amides is 2. The number of carbonyl (C=O) groups excluding carboxylic acids is 3. The molecule has 9 heteroatoms. The Labute approximate surface area is 172 Å². The van der Waals surface area contributed by atoms with Gasteiger partial charge in [-0.2, -0.15) is 0 Å². The number of methoxy groups -OCH3 is 1. The summed E-state index contributed by atoms with van der Waals surface area (Å²) in [6.07, 6.45) is 0.295. The summed E-state index contributed by atoms with van der Waals surface area (Å²) < 4.78 is 15.7. The number of oxazole rings is 1. The van der Waals surface area contributed by atoms with Crippen LogP contribution in [0.5, 0.6) is 5.75 Å². The first-order chi connectivity index (χ1) is 14.4. The average Bonchev–Trinajstić information content (AvgIpc) is 3.13. The summed E-state index contributed by atoms with van der Waals surface area (Å²) in [7, 11) is 1.45. The number of carbonyl (C=O) groups is 3. The summed E-state index contributed by atoms with van der Waals surface area (Å²) >= 11 is 0. The second kappa shape index (κ2) is 9.55. The van der Waals surface area contributed by atoms with E-state index in [2.05, 4.69) is 15.6 Å². The molecule has 9 nitrogen and oxygen atoms in total. The van der Waals surface area contributed by atoms with Crippen LogP contribution >= 0.6 is 0 Å². The molecular weight excluding hydrogens is 390 g/mol. The zero-order valence-corrected chi connectivity index (χ0v) is 16.6. The van der Waals surface area contributed by atoms with Gasteiger partial charge in [-0.15, -0.1) is 0 Å². The van der Waals surface area contributed by atoms with E-state index >= 15 is 0 Å². The summed E-state index contributed by atoms with van der Waals surface area (Å²) in [5.41, 5.74) is 2.21. The Kier molecular flexibility index (Phi) is 6.63. The van der Waals surface area contributed by atoms with Crippen molar-refractivity contribution in [2.24, 2.45) is 0 Å². The monoisotopic (exact) mass is 411 g/mol. The predicted octanol–water partition coefficient (Wildman–Crippen LogP) is 2.91. The number of aryl methyl sites for hydroxylation is 1. The normalized spacial score (nSPS) is 10.5. The van der Waals surface area contributed by atoms with Crippen molar-refractivity contribution < 1.29 is 28.3 Å². The van der Waals surface area contributed by atoms with E-state index in [1.165, 1.54) is 14.0 Å². The van der Waals surface area contributed by atoms with Crippen LogP contribution in [0.15, 0.2) is 46.9 Å². The zero-order valence-electron chi connectivity index (χ0n) is 16.6. The lowest BCUT2D eigenvalue weighted by atomic mass is 10.2. The molecule has 0 aliphatic carbocycles. The molecule has 0 aliphatic heterocycles. The molecule has 156 valence electrons. The number of ether oxygens (including phenoxy) is 2. The van der Waals surface area contributed by atoms with E-state index in [0.29, 0.717) is 28.6 Å². The Balaban J connectivity index is 1.50. The molecule has 2 amide bonds. The molecule has 0 fully saturated rings. The van der Waals surface area contributed by atoms with Crippen LogP contribution in [0.3, 0.4) is 0 Å². The molecule has 2 N–H and O–H groups in total. The summed E-state index contributed by atoms with van der Waals surface area (Å²) in [6, 6.07) is 12.1. The van der Waals surface area contributed by atoms with Crippen LogP contribution in [0.4, 0.5) is 11.4 Å². The van der Waals surface area contributed by atoms with Crippen molar-refractivity contribution in [1.82, 2.24) is 4.98 Å². The van der Waals surface area contributed by atoms with Crippen molar-refractivity contribution in [1.29, 1.82) is 0 Å². The van der Waals surface area contributed by atoms with E-state index in [1.54, 1.807) is 24.3 Å². The highest BCUT2D eigenvalue weighted by molar-refractivity contribution is 5.96. The maximum atomic E-state index is 12.1. The average molecular weight is 411 g/mol. The molecule has 2 aromatic carbocycles. The minimum atomic E-state index is -0.550. The van der Waals surface area contributed by atoms with E-state index in [4.69, 9.17) is 13.9 Å². The number of hydrogen-bond acceptors (Lipinski definition) is 7. The van der Waals surface area contributed by atoms with Crippen LogP contribution in [0.2, 0.25) is 0 Å². The van der Waals surface area contributed by atoms with Gasteiger partial charge in [0.2, 0.25) is 5.91 Å². The smallest absolute Gasteiger partial charge is 0.306 e. The van der Waals surface area contributed by atoms with Crippen molar-refractivity contribution in [2.45, 2.75) is 19.8 Å². The standard InChI is InChI=1S/C21H21N3O6/c1-13(25)22-14-7-8-17(28-2)16(11-14)23-19(26)12-29-21(27)10-9-20-24-15-5-3-4-6-18(15)30-20/h3-8,11H,9-10,12H2,1-2H3,(H,22,25)(H,23,26). The van der Waals surface area contributed by atoms with Gasteiger partial charge >= 0.3 is 5.97 Å². The number of esters is 1. The highest BCUT2D eigenvalue weighted by atomic mass is 16.5. The molecular formula is C21H21N3O6. The first-order valence-corrected chi connectivity index (χ1v) is 9.20. The number of para-hydroxylation sites is 2. The molecule has 0 spiro atoms. The molecule has 3 rings (SSSR count). The minimum absolute atomic E-state index is 0.0292. The summed E-state index contributed by atoms with van der Waals surface area (Å²) in [5.74, 6) is -0.503. The van der Waals surface area contributed by atoms with Gasteiger partial charge in [-0.1, -0.05) is 12.1 Å². The van der Waals surface area contributed by atoms with Gasteiger partial charge in [-0.05, 0) is 30.3 Å². The van der Waals surface area contributed by atoms with E-state index in [-0.39, 0.29) is 18.7 Å². The quantitative estimate of drug-likeness (QED) is 0.547. The molecule has 0 unspecified atom stereocenters. The van der Waals surface area contributed by atoms with E-state index < -0.39 is 18.5 Å². The fourth-order valence-electron chi connectivity index (χ4n) is 2.73. The third-order valence-electron chi connectivity index (χ3n) is 4.04. The molecule has 0 atom stereocenters. The lowest BCUT2D eigenvalue weighted by Crippen LogP contribution is -2.21. The van der Waals surface area contributed by atoms with Gasteiger partial charge in [0.05, 0.1) is 19.2 Å². The molecule has 30 heavy (non-hydrogen) atoms. The van der Waals surface area contributed by atoms with Gasteiger partial charge in [-0.3, -0.25) is 14.4 Å². The molecule has 1 heterocycles. The van der Waals surface area contributed by atoms with Gasteiger partial charge in [0.15, 0.2) is 18.1 Å². The van der Waals surface area contributed by atoms with E-state index in [0.717, 1.165) is 5.52 Å². The summed E-state index contributed by atoms with van der Waals surface area (Å²) in [6.45, 7) is 0.919. The number of benzene rings is 2. The third-order valence-corrected chi connectivity index (χ3v) is 4.04. The number of nitrogens with one attached hydrogen (secondary N) is 2. The largest absolute Gasteiger partial charge is 0.495 e. The maximum absolute atomic E-state index is 12.1. The molecule has 0 bridgehead atoms. The van der Waals surface area contributed by atoms with E-state index in [1.807, 2.05) is 18.2 Å². The number of aromatic nitrogens is 1. The van der Waals surface area contributed by atoms with Crippen LogP contribution < -0.4 is 15.4 Å². The highest BCUT2D eigenvalue weighted by Crippen LogP contribution is 2.27. The number of hydrogen-bond donors (Lipinski definition) is 2. The summed E-state index contributed by atoms with van der Waals surface area (Å²) in [4.78, 5) is 39.6. The van der Waals surface area contributed by atoms with Crippen molar-refractivity contribution in [2.75, 3.05) is 24.4 Å². The first kappa shape index (κ1) is 20.8. The second-order valence-corrected chi connectivity index (χ2v) is 6.38. The number of rotatable bonds is 8. The summed E-state index contributed by atoms with van der Waals surface area (Å²) in [5, 5.41) is 5.21. The lowest BCUT2D eigenvalue weighted by Gasteiger charge is -2.12. The molecule has 3 aromatic rings. The SMILES string of the molecule is COc1ccc(NC(C)=O)cc1NC(=O)COC(=O)CCc1nc2ccccc2o1. The van der Waals surface area contributed by atoms with Gasteiger partial charge in [0.25, 0.3) is 5.91 Å². The fourth-order valence-corrected chi connectivity index (χ4v) is 2.73. The Morgan fingerprint density at radius 1 is 1.10 bits per heavy atom. The van der Waals surface area contributed by atoms with Crippen LogP contribution in [-0.2, 0) is 25.5 Å². The topological polar surface area (TPSA) is 120 Å². The lowest BCUT2D eigenvalue weighted by molar-refractivity contribution is -0.147. The fraction of sp³-hybridized carbons (Fsp3) is 0.238. The number of anilines is 2. The van der Waals surface area contributed by atoms with Gasteiger partial charge < -0.3 is 24.5 Å². The Morgan fingerprint density at radius 2 is 1.90 bits per heavy atom. The van der Waals surface area contributed by atoms with Crippen LogP contribution in [0, 0.1) is 0 Å². The highest BCUT2D eigenvalue weighted by Gasteiger charge is 2.13. The molecule has 0 aliphatic rings. The molecule has 0 saturated heterocycles. The second-order valence-electron chi connectivity index (χ2n) is 6.38. The van der Waals surface area contributed by atoms with Gasteiger partial charge in [0, 0.05) is 19.0 Å². The Hall–Kier alpha value is -3.88. The third kappa shape index (κ3) is 5.57. The molecule has 0 saturated carbocycles. The van der Waals surface area contributed by atoms with E-state index in [9.17, 15) is 14.4 Å². The zero-order chi connectivity index (χ0) is 21.5. The van der Waals surface area contributed by atoms with Gasteiger partial charge in [0.1, 0.15) is 11.3 Å². The van der Waals surface area contributed by atoms with Crippen molar-refractivity contribution in [3.05, 3.63) is 48.4 Å². The Bertz CT molecular complexity index is 1040. The maximum Gasteiger partial charge on any atom is 0.306 e. The first-order valence-electron chi connectivity index (χ1n) is 9.20. The number of nitrogens with zero attached hydrogens (tertiary/aromatic N) is 1. The molecule has 1 aromatic heterocycles. The Morgan fingerprint density at radius 3 is 2.63 bits per heavy atom. The van der Waals surface area contributed by atoms with Crippen molar-refractivity contribution in [3.63, 3.8) is 0 Å². The van der Waals surface area contributed by atoms with Gasteiger partial charge in [-0.25, -0.2) is 4.98 Å². The van der Waals surface area contributed by atoms with Crippen molar-refractivity contribution >= 4 is 40.3 Å². The van der Waals surface area contributed by atoms with Crippen molar-refractivity contribution in [3.8, 4) is 5.75 Å². The predicted molar refractivity (Wildman–Crippen MR) is 109 cm³/mol.